The molecule has 2 N–H and O–H groups in total. The van der Waals surface area contributed by atoms with Crippen LogP contribution >= 0.6 is 0 Å². The first kappa shape index (κ1) is 13.9. The molecule has 0 bridgehead atoms. The van der Waals surface area contributed by atoms with Gasteiger partial charge in [-0.25, -0.2) is 4.79 Å². The third-order valence-corrected chi connectivity index (χ3v) is 3.98. The Bertz CT molecular complexity index is 725. The molecule has 21 heavy (non-hydrogen) atoms. The number of nitrogens with zero attached hydrogens (tertiary/aromatic N) is 1. The molecule has 1 aromatic heterocycles. The van der Waals surface area contributed by atoms with Crippen LogP contribution in [0.3, 0.4) is 0 Å². The van der Waals surface area contributed by atoms with Crippen LogP contribution in [-0.2, 0) is 11.3 Å². The molecule has 3 rings (SSSR count). The zero-order valence-electron chi connectivity index (χ0n) is 11.8. The van der Waals surface area contributed by atoms with Crippen LogP contribution in [0.2, 0.25) is 0 Å². The molecule has 6 nitrogen and oxygen atoms in total. The fourth-order valence-corrected chi connectivity index (χ4v) is 2.49. The fraction of sp³-hybridized carbons (Fsp3) is 0.467. The van der Waals surface area contributed by atoms with Gasteiger partial charge in [-0.05, 0) is 37.8 Å². The van der Waals surface area contributed by atoms with Crippen LogP contribution in [0.1, 0.15) is 19.8 Å². The molecule has 0 saturated heterocycles. The molecule has 0 unspecified atom stereocenters. The van der Waals surface area contributed by atoms with E-state index in [0.717, 1.165) is 12.8 Å². The third-order valence-electron chi connectivity index (χ3n) is 3.98. The number of hydrogen-bond acceptors (Lipinski definition) is 4. The Kier molecular flexibility index (Phi) is 3.33. The summed E-state index contributed by atoms with van der Waals surface area (Å²) in [5.41, 5.74) is 0.172. The van der Waals surface area contributed by atoms with Gasteiger partial charge in [0.2, 0.25) is 5.91 Å². The number of oxazole rings is 1. The second-order valence-electron chi connectivity index (χ2n) is 5.83. The average molecular weight is 290 g/mol. The number of amides is 1. The zero-order valence-corrected chi connectivity index (χ0v) is 11.8. The van der Waals surface area contributed by atoms with Crippen molar-refractivity contribution in [2.24, 2.45) is 5.92 Å². The Morgan fingerprint density at radius 3 is 2.90 bits per heavy atom. The summed E-state index contributed by atoms with van der Waals surface area (Å²) in [4.78, 5) is 23.7. The zero-order chi connectivity index (χ0) is 15.0. The lowest BCUT2D eigenvalue weighted by molar-refractivity contribution is -0.123. The number of rotatable bonds is 5. The lowest BCUT2D eigenvalue weighted by Gasteiger charge is -2.23. The molecule has 1 amide bonds. The quantitative estimate of drug-likeness (QED) is 0.856. The van der Waals surface area contributed by atoms with Gasteiger partial charge < -0.3 is 14.8 Å². The molecule has 1 aromatic carbocycles. The standard InChI is InChI=1S/C15H18N2O4/c1-15(20,10-6-7-10)9-16-13(18)8-17-11-4-2-3-5-12(11)21-14(17)19/h2-5,10,20H,6-9H2,1H3,(H,16,18)/t15-/m0/s1. The molecule has 112 valence electrons. The summed E-state index contributed by atoms with van der Waals surface area (Å²) < 4.78 is 6.36. The maximum Gasteiger partial charge on any atom is 0.420 e. The van der Waals surface area contributed by atoms with Gasteiger partial charge in [0.15, 0.2) is 5.58 Å². The van der Waals surface area contributed by atoms with E-state index >= 15 is 0 Å². The average Bonchev–Trinajstić information content (AvgIpc) is 3.25. The van der Waals surface area contributed by atoms with Gasteiger partial charge in [0.25, 0.3) is 0 Å². The molecule has 6 heteroatoms. The van der Waals surface area contributed by atoms with Crippen molar-refractivity contribution in [2.75, 3.05) is 6.54 Å². The lowest BCUT2D eigenvalue weighted by atomic mass is 10.0. The van der Waals surface area contributed by atoms with Crippen LogP contribution in [0.25, 0.3) is 11.1 Å². The monoisotopic (exact) mass is 290 g/mol. The van der Waals surface area contributed by atoms with Crippen molar-refractivity contribution in [3.8, 4) is 0 Å². The van der Waals surface area contributed by atoms with Gasteiger partial charge in [-0.1, -0.05) is 12.1 Å². The van der Waals surface area contributed by atoms with Gasteiger partial charge in [-0.2, -0.15) is 0 Å². The molecular formula is C15H18N2O4. The molecule has 1 aliphatic carbocycles. The Morgan fingerprint density at radius 1 is 1.48 bits per heavy atom. The Morgan fingerprint density at radius 2 is 2.19 bits per heavy atom. The van der Waals surface area contributed by atoms with E-state index in [-0.39, 0.29) is 24.9 Å². The van der Waals surface area contributed by atoms with Crippen molar-refractivity contribution in [1.82, 2.24) is 9.88 Å². The Hall–Kier alpha value is -2.08. The van der Waals surface area contributed by atoms with Crippen LogP contribution in [-0.4, -0.2) is 27.7 Å². The molecule has 2 aromatic rings. The second-order valence-corrected chi connectivity index (χ2v) is 5.83. The number of fused-ring (bicyclic) bond motifs is 1. The van der Waals surface area contributed by atoms with Gasteiger partial charge in [-0.15, -0.1) is 0 Å². The van der Waals surface area contributed by atoms with E-state index < -0.39 is 11.4 Å². The van der Waals surface area contributed by atoms with Gasteiger partial charge in [0, 0.05) is 6.54 Å². The largest absolute Gasteiger partial charge is 0.420 e. The first-order valence-electron chi connectivity index (χ1n) is 7.05. The van der Waals surface area contributed by atoms with E-state index in [9.17, 15) is 14.7 Å². The summed E-state index contributed by atoms with van der Waals surface area (Å²) in [6.45, 7) is 1.81. The van der Waals surface area contributed by atoms with E-state index in [1.807, 2.05) is 0 Å². The molecule has 0 spiro atoms. The van der Waals surface area contributed by atoms with Crippen molar-refractivity contribution >= 4 is 17.0 Å². The first-order chi connectivity index (χ1) is 9.97. The van der Waals surface area contributed by atoms with E-state index in [1.54, 1.807) is 31.2 Å². The lowest BCUT2D eigenvalue weighted by Crippen LogP contribution is -2.43. The smallest absolute Gasteiger partial charge is 0.408 e. The van der Waals surface area contributed by atoms with Gasteiger partial charge in [-0.3, -0.25) is 9.36 Å². The number of aromatic nitrogens is 1. The molecular weight excluding hydrogens is 272 g/mol. The molecule has 1 fully saturated rings. The van der Waals surface area contributed by atoms with Crippen molar-refractivity contribution in [1.29, 1.82) is 0 Å². The summed E-state index contributed by atoms with van der Waals surface area (Å²) in [7, 11) is 0. The summed E-state index contributed by atoms with van der Waals surface area (Å²) >= 11 is 0. The van der Waals surface area contributed by atoms with Gasteiger partial charge in [0.05, 0.1) is 11.1 Å². The number of para-hydroxylation sites is 2. The maximum atomic E-state index is 12.0. The molecule has 0 radical (unpaired) electrons. The number of carbonyl (C=O) groups is 1. The van der Waals surface area contributed by atoms with Gasteiger partial charge >= 0.3 is 5.76 Å². The normalized spacial score (nSPS) is 17.6. The van der Waals surface area contributed by atoms with E-state index in [0.29, 0.717) is 11.1 Å². The van der Waals surface area contributed by atoms with Crippen LogP contribution in [0.15, 0.2) is 33.5 Å². The number of benzene rings is 1. The maximum absolute atomic E-state index is 12.0. The van der Waals surface area contributed by atoms with Crippen molar-refractivity contribution in [2.45, 2.75) is 31.9 Å². The third kappa shape index (κ3) is 2.85. The highest BCUT2D eigenvalue weighted by molar-refractivity contribution is 5.79. The minimum absolute atomic E-state index is 0.114. The predicted molar refractivity (Wildman–Crippen MR) is 76.8 cm³/mol. The molecule has 1 saturated carbocycles. The Labute approximate surface area is 121 Å². The SMILES string of the molecule is C[C@](O)(CNC(=O)Cn1c(=O)oc2ccccc21)C1CC1. The fourth-order valence-electron chi connectivity index (χ4n) is 2.49. The summed E-state index contributed by atoms with van der Waals surface area (Å²) in [5.74, 6) is -0.611. The first-order valence-corrected chi connectivity index (χ1v) is 7.05. The Balaban J connectivity index is 1.69. The van der Waals surface area contributed by atoms with Crippen LogP contribution in [0.4, 0.5) is 0 Å². The summed E-state index contributed by atoms with van der Waals surface area (Å²) in [5, 5.41) is 12.8. The second kappa shape index (κ2) is 5.04. The van der Waals surface area contributed by atoms with Crippen LogP contribution in [0, 0.1) is 5.92 Å². The highest BCUT2D eigenvalue weighted by atomic mass is 16.4. The molecule has 0 aliphatic heterocycles. The minimum Gasteiger partial charge on any atom is -0.408 e. The highest BCUT2D eigenvalue weighted by Gasteiger charge is 2.39. The number of nitrogens with one attached hydrogen (secondary N) is 1. The van der Waals surface area contributed by atoms with E-state index in [4.69, 9.17) is 4.42 Å². The van der Waals surface area contributed by atoms with Crippen molar-refractivity contribution < 1.29 is 14.3 Å². The van der Waals surface area contributed by atoms with Crippen molar-refractivity contribution in [3.05, 3.63) is 34.8 Å². The van der Waals surface area contributed by atoms with Gasteiger partial charge in [0.1, 0.15) is 6.54 Å². The summed E-state index contributed by atoms with van der Waals surface area (Å²) in [6, 6.07) is 6.96. The minimum atomic E-state index is -0.876. The molecule has 1 heterocycles. The van der Waals surface area contributed by atoms with Crippen LogP contribution in [0.5, 0.6) is 0 Å². The summed E-state index contributed by atoms with van der Waals surface area (Å²) in [6.07, 6.45) is 1.99. The molecule has 1 atom stereocenters. The predicted octanol–water partition coefficient (Wildman–Crippen LogP) is 0.872. The highest BCUT2D eigenvalue weighted by Crippen LogP contribution is 2.38. The number of aliphatic hydroxyl groups is 1. The van der Waals surface area contributed by atoms with Crippen molar-refractivity contribution in [3.63, 3.8) is 0 Å². The topological polar surface area (TPSA) is 84.5 Å². The van der Waals surface area contributed by atoms with Crippen LogP contribution < -0.4 is 11.1 Å². The van der Waals surface area contributed by atoms with E-state index in [1.165, 1.54) is 4.57 Å². The molecule has 1 aliphatic rings. The number of carbonyl (C=O) groups excluding carboxylic acids is 1. The number of hydrogen-bond donors (Lipinski definition) is 2. The van der Waals surface area contributed by atoms with E-state index in [2.05, 4.69) is 5.32 Å².